The first-order chi connectivity index (χ1) is 13.0. The number of benzene rings is 2. The van der Waals surface area contributed by atoms with Crippen molar-refractivity contribution in [2.75, 3.05) is 7.11 Å². The van der Waals surface area contributed by atoms with E-state index in [9.17, 15) is 8.78 Å². The Morgan fingerprint density at radius 1 is 1.22 bits per heavy atom. The van der Waals surface area contributed by atoms with E-state index in [0.717, 1.165) is 33.1 Å². The van der Waals surface area contributed by atoms with Crippen molar-refractivity contribution >= 4 is 27.4 Å². The number of H-pyrrole nitrogens is 1. The summed E-state index contributed by atoms with van der Waals surface area (Å²) in [4.78, 5) is 7.81. The molecule has 1 N–H and O–H groups in total. The number of hydrogen-bond donors (Lipinski definition) is 1. The lowest BCUT2D eigenvalue weighted by Gasteiger charge is -2.12. The number of nitrogens with zero attached hydrogens (tertiary/aromatic N) is 1. The highest BCUT2D eigenvalue weighted by atomic mass is 32.2. The number of para-hydroxylation sites is 1. The van der Waals surface area contributed by atoms with Crippen LogP contribution in [-0.2, 0) is 12.2 Å². The summed E-state index contributed by atoms with van der Waals surface area (Å²) in [6.07, 6.45) is -2.60. The van der Waals surface area contributed by atoms with Gasteiger partial charge in [-0.2, -0.15) is 0 Å². The Morgan fingerprint density at radius 2 is 1.96 bits per heavy atom. The molecule has 0 bridgehead atoms. The molecule has 2 aromatic carbocycles. The van der Waals surface area contributed by atoms with Gasteiger partial charge >= 0.3 is 0 Å². The molecule has 0 amide bonds. The van der Waals surface area contributed by atoms with E-state index in [4.69, 9.17) is 4.74 Å². The minimum Gasteiger partial charge on any atom is -0.496 e. The molecule has 1 unspecified atom stereocenters. The number of hydrogen-bond acceptors (Lipinski definition) is 2. The maximum Gasteiger partial charge on any atom is 0.242 e. The molecule has 6 heteroatoms. The number of imidazole rings is 1. The highest BCUT2D eigenvalue weighted by Gasteiger charge is 2.12. The van der Waals surface area contributed by atoms with Crippen molar-refractivity contribution in [1.29, 1.82) is 0 Å². The minimum absolute atomic E-state index is 0.249. The summed E-state index contributed by atoms with van der Waals surface area (Å²) in [5.74, 6) is 5.81. The first kappa shape index (κ1) is 21.1. The quantitative estimate of drug-likeness (QED) is 0.525. The summed E-state index contributed by atoms with van der Waals surface area (Å²) < 4.78 is 30.6. The van der Waals surface area contributed by atoms with Crippen molar-refractivity contribution in [3.05, 3.63) is 53.1 Å². The smallest absolute Gasteiger partial charge is 0.242 e. The van der Waals surface area contributed by atoms with Gasteiger partial charge in [-0.25, -0.2) is 13.8 Å². The third-order valence-electron chi connectivity index (χ3n) is 4.02. The summed E-state index contributed by atoms with van der Waals surface area (Å²) in [6, 6.07) is 11.2. The van der Waals surface area contributed by atoms with Gasteiger partial charge in [-0.3, -0.25) is 0 Å². The van der Waals surface area contributed by atoms with Gasteiger partial charge in [0.25, 0.3) is 0 Å². The molecule has 146 valence electrons. The SMILES string of the molecule is C=S(Cc1cccc(C)c1OC)c1nc2ccc(CC(F)F)cc2[nH]1.CC. The number of nitrogens with one attached hydrogen (secondary N) is 1. The topological polar surface area (TPSA) is 37.9 Å². The predicted octanol–water partition coefficient (Wildman–Crippen LogP) is 5.97. The van der Waals surface area contributed by atoms with Gasteiger partial charge < -0.3 is 9.72 Å². The number of methoxy groups -OCH3 is 1. The Hall–Kier alpha value is -2.21. The average molecular weight is 393 g/mol. The van der Waals surface area contributed by atoms with Crippen LogP contribution in [0.25, 0.3) is 11.0 Å². The van der Waals surface area contributed by atoms with Crippen LogP contribution in [0.2, 0.25) is 0 Å². The first-order valence-electron chi connectivity index (χ1n) is 8.87. The lowest BCUT2D eigenvalue weighted by Crippen LogP contribution is -1.95. The average Bonchev–Trinajstić information content (AvgIpc) is 3.06. The number of aromatic amines is 1. The molecule has 3 aromatic rings. The van der Waals surface area contributed by atoms with Crippen LogP contribution in [0.3, 0.4) is 0 Å². The third-order valence-corrected chi connectivity index (χ3v) is 5.41. The predicted molar refractivity (Wildman–Crippen MR) is 112 cm³/mol. The second kappa shape index (κ2) is 9.65. The molecule has 3 rings (SSSR count). The highest BCUT2D eigenvalue weighted by Crippen LogP contribution is 2.33. The molecule has 1 atom stereocenters. The Kier molecular flexibility index (Phi) is 7.54. The zero-order chi connectivity index (χ0) is 20.0. The summed E-state index contributed by atoms with van der Waals surface area (Å²) in [7, 11) is 1.27. The van der Waals surface area contributed by atoms with Crippen LogP contribution in [0.1, 0.15) is 30.5 Å². The molecule has 0 saturated heterocycles. The Bertz CT molecular complexity index is 922. The van der Waals surface area contributed by atoms with Crippen molar-refractivity contribution < 1.29 is 13.5 Å². The van der Waals surface area contributed by atoms with E-state index in [1.807, 2.05) is 39.0 Å². The van der Waals surface area contributed by atoms with Crippen molar-refractivity contribution in [1.82, 2.24) is 9.97 Å². The number of fused-ring (bicyclic) bond motifs is 1. The van der Waals surface area contributed by atoms with Gasteiger partial charge in [0.05, 0.1) is 18.1 Å². The Balaban J connectivity index is 0.00000126. The fraction of sp³-hybridized carbons (Fsp3) is 0.333. The van der Waals surface area contributed by atoms with Crippen molar-refractivity contribution in [2.45, 2.75) is 44.5 Å². The van der Waals surface area contributed by atoms with Crippen molar-refractivity contribution in [2.24, 2.45) is 0 Å². The maximum atomic E-state index is 12.6. The summed E-state index contributed by atoms with van der Waals surface area (Å²) in [5, 5.41) is 0.771. The largest absolute Gasteiger partial charge is 0.496 e. The number of ether oxygens (including phenoxy) is 1. The lowest BCUT2D eigenvalue weighted by atomic mass is 10.1. The van der Waals surface area contributed by atoms with E-state index in [1.54, 1.807) is 25.3 Å². The molecule has 0 aliphatic carbocycles. The minimum atomic E-state index is -2.35. The van der Waals surface area contributed by atoms with Crippen LogP contribution in [0.4, 0.5) is 8.78 Å². The molecule has 3 nitrogen and oxygen atoms in total. The lowest BCUT2D eigenvalue weighted by molar-refractivity contribution is 0.149. The monoisotopic (exact) mass is 392 g/mol. The number of aryl methyl sites for hydroxylation is 1. The standard InChI is InChI=1S/C19H20F2N2OS.C2H6/c1-12-5-4-6-14(18(12)24-2)11-25(3)19-22-15-8-7-13(10-17(20)21)9-16(15)23-19;1-2/h4-9,17H,3,10-11H2,1-2H3,(H,22,23);1-2H3. The fourth-order valence-electron chi connectivity index (χ4n) is 2.85. The summed E-state index contributed by atoms with van der Waals surface area (Å²) >= 11 is 0. The zero-order valence-corrected chi connectivity index (χ0v) is 17.0. The second-order valence-electron chi connectivity index (χ2n) is 5.89. The maximum absolute atomic E-state index is 12.6. The summed E-state index contributed by atoms with van der Waals surface area (Å²) in [6.45, 7) is 6.01. The fourth-order valence-corrected chi connectivity index (χ4v) is 4.07. The van der Waals surface area contributed by atoms with Crippen LogP contribution in [0.15, 0.2) is 41.6 Å². The number of alkyl halides is 2. The van der Waals surface area contributed by atoms with Gasteiger partial charge in [-0.05, 0) is 30.2 Å². The Morgan fingerprint density at radius 3 is 2.63 bits per heavy atom. The number of rotatable bonds is 6. The van der Waals surface area contributed by atoms with Crippen LogP contribution in [-0.4, -0.2) is 29.4 Å². The molecular formula is C21H26F2N2OS. The van der Waals surface area contributed by atoms with Gasteiger partial charge in [-0.15, -0.1) is 10.5 Å². The van der Waals surface area contributed by atoms with Gasteiger partial charge in [-0.1, -0.05) is 44.0 Å². The second-order valence-corrected chi connectivity index (χ2v) is 7.55. The van der Waals surface area contributed by atoms with Crippen LogP contribution >= 0.6 is 10.5 Å². The first-order valence-corrected chi connectivity index (χ1v) is 10.4. The van der Waals surface area contributed by atoms with Crippen molar-refractivity contribution in [3.63, 3.8) is 0 Å². The molecule has 0 fully saturated rings. The van der Waals surface area contributed by atoms with E-state index in [0.29, 0.717) is 11.3 Å². The zero-order valence-electron chi connectivity index (χ0n) is 16.2. The molecular weight excluding hydrogens is 366 g/mol. The van der Waals surface area contributed by atoms with Crippen LogP contribution < -0.4 is 4.74 Å². The van der Waals surface area contributed by atoms with Gasteiger partial charge in [0, 0.05) is 17.7 Å². The Labute approximate surface area is 161 Å². The van der Waals surface area contributed by atoms with E-state index < -0.39 is 16.9 Å². The molecule has 0 radical (unpaired) electrons. The molecule has 0 aliphatic rings. The van der Waals surface area contributed by atoms with Crippen LogP contribution in [0.5, 0.6) is 5.75 Å². The normalized spacial score (nSPS) is 12.0. The van der Waals surface area contributed by atoms with Crippen LogP contribution in [0, 0.1) is 6.92 Å². The van der Waals surface area contributed by atoms with Gasteiger partial charge in [0.2, 0.25) is 6.43 Å². The van der Waals surface area contributed by atoms with E-state index in [2.05, 4.69) is 15.8 Å². The number of aromatic nitrogens is 2. The van der Waals surface area contributed by atoms with E-state index >= 15 is 0 Å². The van der Waals surface area contributed by atoms with Gasteiger partial charge in [0.15, 0.2) is 5.16 Å². The molecule has 1 aromatic heterocycles. The van der Waals surface area contributed by atoms with Gasteiger partial charge in [0.1, 0.15) is 5.75 Å². The number of halogens is 2. The third kappa shape index (κ3) is 5.16. The highest BCUT2D eigenvalue weighted by molar-refractivity contribution is 8.13. The molecule has 1 heterocycles. The molecule has 0 spiro atoms. The van der Waals surface area contributed by atoms with E-state index in [1.165, 1.54) is 0 Å². The molecule has 0 aliphatic heterocycles. The van der Waals surface area contributed by atoms with Crippen molar-refractivity contribution in [3.8, 4) is 5.75 Å². The van der Waals surface area contributed by atoms with E-state index in [-0.39, 0.29) is 6.42 Å². The molecule has 0 saturated carbocycles. The summed E-state index contributed by atoms with van der Waals surface area (Å²) in [5.41, 5.74) is 4.30. The molecule has 27 heavy (non-hydrogen) atoms.